The summed E-state index contributed by atoms with van der Waals surface area (Å²) < 4.78 is 32.5. The number of ether oxygens (including phenoxy) is 1. The van der Waals surface area contributed by atoms with E-state index >= 15 is 0 Å². The highest BCUT2D eigenvalue weighted by Crippen LogP contribution is 2.28. The monoisotopic (exact) mass is 323 g/mol. The highest BCUT2D eigenvalue weighted by Gasteiger charge is 2.25. The van der Waals surface area contributed by atoms with E-state index in [0.717, 1.165) is 0 Å². The molecule has 0 radical (unpaired) electrons. The third kappa shape index (κ3) is 3.46. The van der Waals surface area contributed by atoms with Gasteiger partial charge in [0, 0.05) is 6.07 Å². The molecule has 0 spiro atoms. The molecule has 0 unspecified atom stereocenters. The molecule has 0 atom stereocenters. The Hall–Kier alpha value is -1.79. The second kappa shape index (κ2) is 6.78. The van der Waals surface area contributed by atoms with E-state index in [-0.39, 0.29) is 6.54 Å². The lowest BCUT2D eigenvalue weighted by molar-refractivity contribution is 0.340. The molecular formula is C15H17NO3S2. The van der Waals surface area contributed by atoms with Crippen molar-refractivity contribution >= 4 is 27.0 Å². The molecule has 2 aromatic rings. The second-order valence-corrected chi connectivity index (χ2v) is 7.22. The van der Waals surface area contributed by atoms with Crippen molar-refractivity contribution in [3.63, 3.8) is 0 Å². The van der Waals surface area contributed by atoms with Gasteiger partial charge in [0.25, 0.3) is 10.0 Å². The van der Waals surface area contributed by atoms with Gasteiger partial charge in [-0.3, -0.25) is 4.31 Å². The van der Waals surface area contributed by atoms with Crippen LogP contribution < -0.4 is 9.04 Å². The summed E-state index contributed by atoms with van der Waals surface area (Å²) in [6.07, 6.45) is 1.57. The molecule has 0 saturated carbocycles. The largest absolute Gasteiger partial charge is 0.494 e. The molecule has 0 N–H and O–H groups in total. The molecule has 21 heavy (non-hydrogen) atoms. The van der Waals surface area contributed by atoms with Gasteiger partial charge in [0.05, 0.1) is 18.8 Å². The first kappa shape index (κ1) is 15.6. The maximum atomic E-state index is 12.7. The number of thiophene rings is 1. The van der Waals surface area contributed by atoms with E-state index in [1.807, 2.05) is 6.92 Å². The fourth-order valence-electron chi connectivity index (χ4n) is 1.87. The first-order valence-electron chi connectivity index (χ1n) is 6.49. The Labute approximate surface area is 129 Å². The maximum absolute atomic E-state index is 12.7. The van der Waals surface area contributed by atoms with E-state index in [0.29, 0.717) is 22.3 Å². The van der Waals surface area contributed by atoms with Crippen molar-refractivity contribution in [3.05, 3.63) is 54.4 Å². The van der Waals surface area contributed by atoms with E-state index in [1.54, 1.807) is 47.9 Å². The Kier molecular flexibility index (Phi) is 5.03. The average molecular weight is 323 g/mol. The Morgan fingerprint density at radius 2 is 2.14 bits per heavy atom. The zero-order valence-corrected chi connectivity index (χ0v) is 13.4. The van der Waals surface area contributed by atoms with Gasteiger partial charge in [-0.1, -0.05) is 18.2 Å². The van der Waals surface area contributed by atoms with Crippen LogP contribution in [0.5, 0.6) is 5.75 Å². The Balaban J connectivity index is 2.44. The van der Waals surface area contributed by atoms with Gasteiger partial charge >= 0.3 is 0 Å². The molecule has 2 rings (SSSR count). The fourth-order valence-corrected chi connectivity index (χ4v) is 4.41. The van der Waals surface area contributed by atoms with Crippen LogP contribution in [0.3, 0.4) is 0 Å². The first-order chi connectivity index (χ1) is 10.1. The topological polar surface area (TPSA) is 46.6 Å². The summed E-state index contributed by atoms with van der Waals surface area (Å²) in [5.74, 6) is 0.644. The van der Waals surface area contributed by atoms with Crippen LogP contribution in [0.25, 0.3) is 0 Å². The summed E-state index contributed by atoms with van der Waals surface area (Å²) in [5, 5.41) is 1.75. The van der Waals surface area contributed by atoms with Gasteiger partial charge in [0.2, 0.25) is 0 Å². The predicted octanol–water partition coefficient (Wildman–Crippen LogP) is 3.53. The minimum Gasteiger partial charge on any atom is -0.494 e. The van der Waals surface area contributed by atoms with Gasteiger partial charge in [0.1, 0.15) is 9.96 Å². The Bertz CT molecular complexity index is 693. The molecular weight excluding hydrogens is 306 g/mol. The highest BCUT2D eigenvalue weighted by atomic mass is 32.2. The van der Waals surface area contributed by atoms with E-state index in [4.69, 9.17) is 4.74 Å². The van der Waals surface area contributed by atoms with Crippen molar-refractivity contribution < 1.29 is 13.2 Å². The molecule has 6 heteroatoms. The average Bonchev–Trinajstić information content (AvgIpc) is 3.00. The molecule has 1 aromatic heterocycles. The summed E-state index contributed by atoms with van der Waals surface area (Å²) in [6, 6.07) is 10.4. The Morgan fingerprint density at radius 3 is 2.76 bits per heavy atom. The highest BCUT2D eigenvalue weighted by molar-refractivity contribution is 7.94. The molecule has 112 valence electrons. The molecule has 1 heterocycles. The van der Waals surface area contributed by atoms with Crippen LogP contribution in [0, 0.1) is 0 Å². The van der Waals surface area contributed by atoms with Crippen LogP contribution in [0.4, 0.5) is 5.69 Å². The fraction of sp³-hybridized carbons (Fsp3) is 0.200. The van der Waals surface area contributed by atoms with Crippen LogP contribution in [0.1, 0.15) is 6.92 Å². The third-order valence-corrected chi connectivity index (χ3v) is 5.92. The summed E-state index contributed by atoms with van der Waals surface area (Å²) in [7, 11) is -3.58. The van der Waals surface area contributed by atoms with Gasteiger partial charge in [-0.25, -0.2) is 8.42 Å². The van der Waals surface area contributed by atoms with E-state index in [2.05, 4.69) is 6.58 Å². The van der Waals surface area contributed by atoms with Gasteiger partial charge in [-0.05, 0) is 30.5 Å². The molecule has 1 aromatic carbocycles. The van der Waals surface area contributed by atoms with E-state index < -0.39 is 10.0 Å². The van der Waals surface area contributed by atoms with Crippen molar-refractivity contribution in [3.8, 4) is 5.75 Å². The minimum absolute atomic E-state index is 0.204. The minimum atomic E-state index is -3.58. The van der Waals surface area contributed by atoms with Crippen LogP contribution >= 0.6 is 11.3 Å². The summed E-state index contributed by atoms with van der Waals surface area (Å²) in [4.78, 5) is 0. The molecule has 0 saturated heterocycles. The lowest BCUT2D eigenvalue weighted by atomic mass is 10.3. The van der Waals surface area contributed by atoms with Gasteiger partial charge in [-0.2, -0.15) is 0 Å². The lowest BCUT2D eigenvalue weighted by Crippen LogP contribution is -2.30. The molecule has 0 aliphatic carbocycles. The molecule has 4 nitrogen and oxygen atoms in total. The maximum Gasteiger partial charge on any atom is 0.274 e. The number of hydrogen-bond acceptors (Lipinski definition) is 4. The predicted molar refractivity (Wildman–Crippen MR) is 86.7 cm³/mol. The summed E-state index contributed by atoms with van der Waals surface area (Å²) in [5.41, 5.74) is 0.564. The smallest absolute Gasteiger partial charge is 0.274 e. The molecule has 0 aliphatic rings. The third-order valence-electron chi connectivity index (χ3n) is 2.75. The number of sulfonamides is 1. The number of benzene rings is 1. The number of rotatable bonds is 7. The van der Waals surface area contributed by atoms with Gasteiger partial charge < -0.3 is 4.74 Å². The molecule has 0 aliphatic heterocycles. The summed E-state index contributed by atoms with van der Waals surface area (Å²) >= 11 is 1.20. The Morgan fingerprint density at radius 1 is 1.33 bits per heavy atom. The molecule has 0 bridgehead atoms. The second-order valence-electron chi connectivity index (χ2n) is 4.19. The zero-order valence-electron chi connectivity index (χ0n) is 11.7. The number of anilines is 1. The van der Waals surface area contributed by atoms with E-state index in [1.165, 1.54) is 15.6 Å². The van der Waals surface area contributed by atoms with Crippen LogP contribution in [-0.4, -0.2) is 21.6 Å². The normalized spacial score (nSPS) is 11.1. The summed E-state index contributed by atoms with van der Waals surface area (Å²) in [6.45, 7) is 6.27. The quantitative estimate of drug-likeness (QED) is 0.732. The van der Waals surface area contributed by atoms with Crippen molar-refractivity contribution in [2.75, 3.05) is 17.5 Å². The van der Waals surface area contributed by atoms with Crippen molar-refractivity contribution in [2.45, 2.75) is 11.1 Å². The molecule has 0 amide bonds. The van der Waals surface area contributed by atoms with E-state index in [9.17, 15) is 8.42 Å². The molecule has 0 fully saturated rings. The van der Waals surface area contributed by atoms with Gasteiger partial charge in [-0.15, -0.1) is 17.9 Å². The van der Waals surface area contributed by atoms with Crippen molar-refractivity contribution in [1.29, 1.82) is 0 Å². The van der Waals surface area contributed by atoms with Crippen molar-refractivity contribution in [1.82, 2.24) is 0 Å². The SMILES string of the molecule is C=CCN(c1cccc(OCC)c1)S(=O)(=O)c1cccs1. The van der Waals surface area contributed by atoms with Crippen molar-refractivity contribution in [2.24, 2.45) is 0 Å². The standard InChI is InChI=1S/C15H17NO3S2/c1-3-10-16(21(17,18)15-9-6-11-20-15)13-7-5-8-14(12-13)19-4-2/h3,5-9,11-12H,1,4,10H2,2H3. The van der Waals surface area contributed by atoms with Crippen LogP contribution in [0.2, 0.25) is 0 Å². The van der Waals surface area contributed by atoms with Gasteiger partial charge in [0.15, 0.2) is 0 Å². The van der Waals surface area contributed by atoms with Crippen LogP contribution in [-0.2, 0) is 10.0 Å². The number of nitrogens with zero attached hydrogens (tertiary/aromatic N) is 1. The lowest BCUT2D eigenvalue weighted by Gasteiger charge is -2.22. The first-order valence-corrected chi connectivity index (χ1v) is 8.81. The van der Waals surface area contributed by atoms with Crippen LogP contribution in [0.15, 0.2) is 58.6 Å². The zero-order chi connectivity index (χ0) is 15.3. The number of hydrogen-bond donors (Lipinski definition) is 0.